The number of hydrogen-bond acceptors (Lipinski definition) is 1. The maximum Gasteiger partial charge on any atom is 0.162 e. The van der Waals surface area contributed by atoms with E-state index in [1.54, 1.807) is 19.1 Å². The Morgan fingerprint density at radius 2 is 1.73 bits per heavy atom. The van der Waals surface area contributed by atoms with E-state index in [-0.39, 0.29) is 5.92 Å². The highest BCUT2D eigenvalue weighted by Gasteiger charge is 2.31. The van der Waals surface area contributed by atoms with Gasteiger partial charge < -0.3 is 4.74 Å². The molecule has 1 aliphatic carbocycles. The number of aryl methyl sites for hydroxylation is 1. The molecule has 3 rings (SSSR count). The fraction of sp³-hybridized carbons (Fsp3) is 0.579. The van der Waals surface area contributed by atoms with E-state index in [4.69, 9.17) is 4.74 Å². The average Bonchev–Trinajstić information content (AvgIpc) is 2.54. The highest BCUT2D eigenvalue weighted by Crippen LogP contribution is 2.40. The van der Waals surface area contributed by atoms with Gasteiger partial charge in [0.05, 0.1) is 12.7 Å². The molecule has 0 saturated heterocycles. The third kappa shape index (κ3) is 3.10. The molecule has 120 valence electrons. The van der Waals surface area contributed by atoms with E-state index < -0.39 is 11.6 Å². The average molecular weight is 306 g/mol. The maximum absolute atomic E-state index is 14.1. The number of ether oxygens (including phenoxy) is 1. The minimum Gasteiger partial charge on any atom is -0.373 e. The van der Waals surface area contributed by atoms with Gasteiger partial charge in [0.1, 0.15) is 0 Å². The summed E-state index contributed by atoms with van der Waals surface area (Å²) >= 11 is 0. The molecular weight excluding hydrogens is 282 g/mol. The number of benzene rings is 1. The second-order valence-electron chi connectivity index (χ2n) is 6.85. The Kier molecular flexibility index (Phi) is 4.62. The molecule has 1 saturated carbocycles. The van der Waals surface area contributed by atoms with E-state index in [0.29, 0.717) is 23.1 Å². The van der Waals surface area contributed by atoms with Crippen LogP contribution in [-0.2, 0) is 4.74 Å². The van der Waals surface area contributed by atoms with Crippen molar-refractivity contribution in [2.75, 3.05) is 6.61 Å². The molecule has 0 bridgehead atoms. The van der Waals surface area contributed by atoms with Gasteiger partial charge in [-0.25, -0.2) is 8.78 Å². The summed E-state index contributed by atoms with van der Waals surface area (Å²) in [6.45, 7) is 4.44. The van der Waals surface area contributed by atoms with Crippen LogP contribution < -0.4 is 0 Å². The van der Waals surface area contributed by atoms with Crippen LogP contribution in [0.5, 0.6) is 0 Å². The fourth-order valence-electron chi connectivity index (χ4n) is 3.79. The first-order valence-corrected chi connectivity index (χ1v) is 8.28. The first kappa shape index (κ1) is 15.7. The molecule has 3 heteroatoms. The number of hydrogen-bond donors (Lipinski definition) is 0. The van der Waals surface area contributed by atoms with Crippen LogP contribution in [-0.4, -0.2) is 12.7 Å². The van der Waals surface area contributed by atoms with Gasteiger partial charge in [0, 0.05) is 0 Å². The lowest BCUT2D eigenvalue weighted by Crippen LogP contribution is -2.30. The zero-order valence-corrected chi connectivity index (χ0v) is 13.4. The lowest BCUT2D eigenvalue weighted by molar-refractivity contribution is 0.00468. The second-order valence-corrected chi connectivity index (χ2v) is 6.85. The molecular formula is C19H24F2O. The normalized spacial score (nSPS) is 29.3. The van der Waals surface area contributed by atoms with Crippen LogP contribution in [0.15, 0.2) is 23.8 Å². The van der Waals surface area contributed by atoms with Gasteiger partial charge in [-0.1, -0.05) is 23.8 Å². The van der Waals surface area contributed by atoms with Gasteiger partial charge in [-0.3, -0.25) is 0 Å². The quantitative estimate of drug-likeness (QED) is 0.675. The van der Waals surface area contributed by atoms with E-state index >= 15 is 0 Å². The van der Waals surface area contributed by atoms with Crippen LogP contribution >= 0.6 is 0 Å². The lowest BCUT2D eigenvalue weighted by atomic mass is 9.75. The van der Waals surface area contributed by atoms with E-state index in [2.05, 4.69) is 13.0 Å². The van der Waals surface area contributed by atoms with Gasteiger partial charge >= 0.3 is 0 Å². The molecule has 0 N–H and O–H groups in total. The predicted molar refractivity (Wildman–Crippen MR) is 83.9 cm³/mol. The van der Waals surface area contributed by atoms with Crippen molar-refractivity contribution in [3.63, 3.8) is 0 Å². The van der Waals surface area contributed by atoms with Gasteiger partial charge in [-0.05, 0) is 68.9 Å². The smallest absolute Gasteiger partial charge is 0.162 e. The van der Waals surface area contributed by atoms with Crippen LogP contribution in [0, 0.1) is 24.5 Å². The third-order valence-corrected chi connectivity index (χ3v) is 5.27. The molecule has 1 atom stereocenters. The van der Waals surface area contributed by atoms with Crippen LogP contribution in [0.4, 0.5) is 8.78 Å². The van der Waals surface area contributed by atoms with Gasteiger partial charge in [-0.2, -0.15) is 0 Å². The number of rotatable bonds is 2. The standard InChI is InChI=1S/C19H24F2O/c1-12-3-10-17(22-11-12)15-7-5-14(6-8-15)16-9-4-13(2)18(20)19(16)21/h3-4,9,14-15,17H,5-8,10-11H2,1-2H3. The van der Waals surface area contributed by atoms with Crippen LogP contribution in [0.25, 0.3) is 0 Å². The third-order valence-electron chi connectivity index (χ3n) is 5.27. The van der Waals surface area contributed by atoms with E-state index in [1.807, 2.05) is 0 Å². The highest BCUT2D eigenvalue weighted by atomic mass is 19.2. The summed E-state index contributed by atoms with van der Waals surface area (Å²) in [7, 11) is 0. The summed E-state index contributed by atoms with van der Waals surface area (Å²) in [5, 5.41) is 0. The van der Waals surface area contributed by atoms with E-state index in [0.717, 1.165) is 38.7 Å². The first-order chi connectivity index (χ1) is 10.6. The van der Waals surface area contributed by atoms with Crippen LogP contribution in [0.3, 0.4) is 0 Å². The van der Waals surface area contributed by atoms with Gasteiger partial charge in [0.25, 0.3) is 0 Å². The Hall–Kier alpha value is -1.22. The zero-order chi connectivity index (χ0) is 15.7. The van der Waals surface area contributed by atoms with Crippen molar-refractivity contribution in [1.82, 2.24) is 0 Å². The Morgan fingerprint density at radius 3 is 2.36 bits per heavy atom. The molecule has 2 aliphatic rings. The molecule has 1 aromatic rings. The van der Waals surface area contributed by atoms with Crippen molar-refractivity contribution in [2.45, 2.75) is 58.0 Å². The van der Waals surface area contributed by atoms with E-state index in [1.165, 1.54) is 5.57 Å². The Labute approximate surface area is 131 Å². The minimum absolute atomic E-state index is 0.146. The van der Waals surface area contributed by atoms with Crippen molar-refractivity contribution in [3.8, 4) is 0 Å². The molecule has 0 aromatic heterocycles. The zero-order valence-electron chi connectivity index (χ0n) is 13.4. The van der Waals surface area contributed by atoms with Crippen molar-refractivity contribution in [1.29, 1.82) is 0 Å². The van der Waals surface area contributed by atoms with Crippen molar-refractivity contribution in [2.24, 2.45) is 5.92 Å². The molecule has 22 heavy (non-hydrogen) atoms. The lowest BCUT2D eigenvalue weighted by Gasteiger charge is -2.35. The summed E-state index contributed by atoms with van der Waals surface area (Å²) in [4.78, 5) is 0. The van der Waals surface area contributed by atoms with E-state index in [9.17, 15) is 8.78 Å². The van der Waals surface area contributed by atoms with Crippen molar-refractivity contribution >= 4 is 0 Å². The molecule has 0 spiro atoms. The Morgan fingerprint density at radius 1 is 1.00 bits per heavy atom. The molecule has 1 nitrogen and oxygen atoms in total. The fourth-order valence-corrected chi connectivity index (χ4v) is 3.79. The summed E-state index contributed by atoms with van der Waals surface area (Å²) in [6.07, 6.45) is 7.50. The van der Waals surface area contributed by atoms with Gasteiger partial charge in [0.15, 0.2) is 11.6 Å². The van der Waals surface area contributed by atoms with Crippen LogP contribution in [0.2, 0.25) is 0 Å². The van der Waals surface area contributed by atoms with Crippen molar-refractivity contribution < 1.29 is 13.5 Å². The Balaban J connectivity index is 1.64. The maximum atomic E-state index is 14.1. The minimum atomic E-state index is -0.684. The number of halogens is 2. The summed E-state index contributed by atoms with van der Waals surface area (Å²) in [5.41, 5.74) is 2.25. The topological polar surface area (TPSA) is 9.23 Å². The van der Waals surface area contributed by atoms with Crippen LogP contribution in [0.1, 0.15) is 56.1 Å². The molecule has 0 amide bonds. The predicted octanol–water partition coefficient (Wildman–Crippen LogP) is 5.28. The molecule has 1 aliphatic heterocycles. The summed E-state index contributed by atoms with van der Waals surface area (Å²) in [6, 6.07) is 3.46. The molecule has 1 aromatic carbocycles. The van der Waals surface area contributed by atoms with Crippen molar-refractivity contribution in [3.05, 3.63) is 46.5 Å². The molecule has 1 heterocycles. The molecule has 0 radical (unpaired) electrons. The second kappa shape index (κ2) is 6.49. The molecule has 1 fully saturated rings. The largest absolute Gasteiger partial charge is 0.373 e. The summed E-state index contributed by atoms with van der Waals surface area (Å²) < 4.78 is 33.8. The highest BCUT2D eigenvalue weighted by molar-refractivity contribution is 5.28. The Bertz CT molecular complexity index is 571. The first-order valence-electron chi connectivity index (χ1n) is 8.28. The summed E-state index contributed by atoms with van der Waals surface area (Å²) in [5.74, 6) is -0.627. The monoisotopic (exact) mass is 306 g/mol. The molecule has 1 unspecified atom stereocenters. The van der Waals surface area contributed by atoms with Gasteiger partial charge in [0.2, 0.25) is 0 Å². The SMILES string of the molecule is CC1=CCC(C2CCC(c3ccc(C)c(F)c3F)CC2)OC1. The van der Waals surface area contributed by atoms with Gasteiger partial charge in [-0.15, -0.1) is 0 Å².